The van der Waals surface area contributed by atoms with Gasteiger partial charge in [-0.25, -0.2) is 8.42 Å². The van der Waals surface area contributed by atoms with Crippen LogP contribution in [0.4, 0.5) is 11.4 Å². The first-order valence-electron chi connectivity index (χ1n) is 11.0. The monoisotopic (exact) mass is 558 g/mol. The number of nitrogens with one attached hydrogen (secondary N) is 1. The predicted octanol–water partition coefficient (Wildman–Crippen LogP) is 3.92. The van der Waals surface area contributed by atoms with E-state index in [0.29, 0.717) is 17.7 Å². The molecule has 13 heteroatoms. The quantitative estimate of drug-likeness (QED) is 0.328. The van der Waals surface area contributed by atoms with Gasteiger partial charge in [-0.3, -0.25) is 24.0 Å². The van der Waals surface area contributed by atoms with Crippen LogP contribution in [-0.4, -0.2) is 55.4 Å². The molecule has 0 spiro atoms. The van der Waals surface area contributed by atoms with Crippen LogP contribution in [0.3, 0.4) is 0 Å². The highest BCUT2D eigenvalue weighted by Gasteiger charge is 2.33. The molecule has 36 heavy (non-hydrogen) atoms. The van der Waals surface area contributed by atoms with Crippen molar-refractivity contribution in [3.05, 3.63) is 67.7 Å². The summed E-state index contributed by atoms with van der Waals surface area (Å²) in [6, 6.07) is 7.62. The second-order valence-electron chi connectivity index (χ2n) is 8.04. The predicted molar refractivity (Wildman–Crippen MR) is 140 cm³/mol. The number of hydrogen-bond acceptors (Lipinski definition) is 6. The maximum atomic E-state index is 13.7. The van der Waals surface area contributed by atoms with Crippen LogP contribution in [0.25, 0.3) is 0 Å². The van der Waals surface area contributed by atoms with Crippen LogP contribution < -0.4 is 9.62 Å². The molecule has 0 saturated carbocycles. The highest BCUT2D eigenvalue weighted by atomic mass is 35.5. The standard InChI is InChI=1S/C23H28Cl2N4O6S/c1-5-20(23(31)26-6-2)27(13-17-18(24)8-7-9-19(17)25)22(30)14-28(36(4,34)35)21-12-16(29(32)33)11-10-15(21)3/h7-12,20H,5-6,13-14H2,1-4H3,(H,26,31)/t20-/m1/s1. The van der Waals surface area contributed by atoms with Gasteiger partial charge in [-0.15, -0.1) is 0 Å². The first-order chi connectivity index (χ1) is 16.8. The molecule has 0 aliphatic heterocycles. The lowest BCUT2D eigenvalue weighted by atomic mass is 10.1. The van der Waals surface area contributed by atoms with Gasteiger partial charge in [0.05, 0.1) is 16.9 Å². The number of nitro groups is 1. The minimum Gasteiger partial charge on any atom is -0.355 e. The number of amides is 2. The van der Waals surface area contributed by atoms with Crippen molar-refractivity contribution in [2.24, 2.45) is 0 Å². The molecule has 0 saturated heterocycles. The Hall–Kier alpha value is -2.89. The second kappa shape index (κ2) is 12.4. The zero-order valence-electron chi connectivity index (χ0n) is 20.3. The SMILES string of the molecule is CCNC(=O)[C@@H](CC)N(Cc1c(Cl)cccc1Cl)C(=O)CN(c1cc([N+](=O)[O-])ccc1C)S(C)(=O)=O. The van der Waals surface area contributed by atoms with E-state index in [0.717, 1.165) is 16.6 Å². The van der Waals surface area contributed by atoms with E-state index in [9.17, 15) is 28.1 Å². The van der Waals surface area contributed by atoms with E-state index in [1.807, 2.05) is 0 Å². The summed E-state index contributed by atoms with van der Waals surface area (Å²) >= 11 is 12.6. The molecule has 0 fully saturated rings. The number of aryl methyl sites for hydroxylation is 1. The second-order valence-corrected chi connectivity index (χ2v) is 10.8. The zero-order valence-corrected chi connectivity index (χ0v) is 22.7. The molecule has 2 aromatic rings. The molecule has 0 aliphatic carbocycles. The van der Waals surface area contributed by atoms with Gasteiger partial charge < -0.3 is 10.2 Å². The summed E-state index contributed by atoms with van der Waals surface area (Å²) in [6.45, 7) is 4.50. The van der Waals surface area contributed by atoms with Crippen LogP contribution in [0.5, 0.6) is 0 Å². The average molecular weight is 559 g/mol. The van der Waals surface area contributed by atoms with Crippen molar-refractivity contribution < 1.29 is 22.9 Å². The highest BCUT2D eigenvalue weighted by Crippen LogP contribution is 2.30. The average Bonchev–Trinajstić information content (AvgIpc) is 2.79. The Morgan fingerprint density at radius 3 is 2.25 bits per heavy atom. The number of rotatable bonds is 11. The number of nitrogens with zero attached hydrogens (tertiary/aromatic N) is 3. The van der Waals surface area contributed by atoms with Gasteiger partial charge in [0.1, 0.15) is 12.6 Å². The molecule has 1 atom stereocenters. The fraction of sp³-hybridized carbons (Fsp3) is 0.391. The van der Waals surface area contributed by atoms with Gasteiger partial charge in [0, 0.05) is 40.8 Å². The third-order valence-corrected chi connectivity index (χ3v) is 7.31. The van der Waals surface area contributed by atoms with Crippen LogP contribution in [0.1, 0.15) is 31.4 Å². The Labute approximate surface area is 220 Å². The van der Waals surface area contributed by atoms with Gasteiger partial charge in [-0.05, 0) is 38.0 Å². The van der Waals surface area contributed by atoms with Crippen LogP contribution in [0.15, 0.2) is 36.4 Å². The molecule has 196 valence electrons. The molecular formula is C23H28Cl2N4O6S. The van der Waals surface area contributed by atoms with Gasteiger partial charge in [0.25, 0.3) is 5.69 Å². The van der Waals surface area contributed by atoms with E-state index in [-0.39, 0.29) is 34.4 Å². The highest BCUT2D eigenvalue weighted by molar-refractivity contribution is 7.92. The topological polar surface area (TPSA) is 130 Å². The third-order valence-electron chi connectivity index (χ3n) is 5.48. The Balaban J connectivity index is 2.58. The third kappa shape index (κ3) is 7.08. The number of anilines is 1. The number of hydrogen-bond donors (Lipinski definition) is 1. The van der Waals surface area contributed by atoms with Crippen molar-refractivity contribution in [1.29, 1.82) is 0 Å². The lowest BCUT2D eigenvalue weighted by Crippen LogP contribution is -2.52. The molecule has 1 N–H and O–H groups in total. The van der Waals surface area contributed by atoms with E-state index in [2.05, 4.69) is 5.32 Å². The lowest BCUT2D eigenvalue weighted by Gasteiger charge is -2.33. The minimum absolute atomic E-state index is 0.0122. The van der Waals surface area contributed by atoms with Gasteiger partial charge >= 0.3 is 0 Å². The molecule has 2 amide bonds. The first-order valence-corrected chi connectivity index (χ1v) is 13.6. The summed E-state index contributed by atoms with van der Waals surface area (Å²) < 4.78 is 26.3. The van der Waals surface area contributed by atoms with Crippen molar-refractivity contribution in [2.45, 2.75) is 39.8 Å². The molecule has 0 unspecified atom stereocenters. The molecular weight excluding hydrogens is 531 g/mol. The summed E-state index contributed by atoms with van der Waals surface area (Å²) in [4.78, 5) is 38.4. The summed E-state index contributed by atoms with van der Waals surface area (Å²) in [6.07, 6.45) is 1.13. The van der Waals surface area contributed by atoms with Crippen molar-refractivity contribution in [1.82, 2.24) is 10.2 Å². The van der Waals surface area contributed by atoms with Gasteiger partial charge in [0.2, 0.25) is 21.8 Å². The van der Waals surface area contributed by atoms with Crippen LogP contribution in [0, 0.1) is 17.0 Å². The van der Waals surface area contributed by atoms with E-state index in [4.69, 9.17) is 23.2 Å². The number of likely N-dealkylation sites (N-methyl/N-ethyl adjacent to an activating group) is 1. The van der Waals surface area contributed by atoms with Crippen LogP contribution in [-0.2, 0) is 26.2 Å². The number of carbonyl (C=O) groups excluding carboxylic acids is 2. The van der Waals surface area contributed by atoms with E-state index < -0.39 is 39.3 Å². The number of carbonyl (C=O) groups is 2. The van der Waals surface area contributed by atoms with Crippen molar-refractivity contribution >= 4 is 56.4 Å². The molecule has 0 aliphatic rings. The summed E-state index contributed by atoms with van der Waals surface area (Å²) in [5, 5.41) is 14.5. The molecule has 2 rings (SSSR count). The van der Waals surface area contributed by atoms with Crippen molar-refractivity contribution in [3.8, 4) is 0 Å². The number of benzene rings is 2. The fourth-order valence-electron chi connectivity index (χ4n) is 3.64. The first kappa shape index (κ1) is 29.3. The number of non-ortho nitro benzene ring substituents is 1. The number of nitro benzene ring substituents is 1. The Bertz CT molecular complexity index is 1230. The van der Waals surface area contributed by atoms with E-state index >= 15 is 0 Å². The molecule has 0 aromatic heterocycles. The summed E-state index contributed by atoms with van der Waals surface area (Å²) in [5.41, 5.74) is 0.469. The normalized spacial score (nSPS) is 12.1. The Morgan fingerprint density at radius 1 is 1.14 bits per heavy atom. The number of halogens is 2. The van der Waals surface area contributed by atoms with Gasteiger partial charge in [0.15, 0.2) is 0 Å². The van der Waals surface area contributed by atoms with Crippen LogP contribution in [0.2, 0.25) is 10.0 Å². The van der Waals surface area contributed by atoms with E-state index in [1.54, 1.807) is 39.0 Å². The van der Waals surface area contributed by atoms with Gasteiger partial charge in [-0.1, -0.05) is 42.3 Å². The van der Waals surface area contributed by atoms with Crippen LogP contribution >= 0.6 is 23.2 Å². The molecule has 0 bridgehead atoms. The maximum Gasteiger partial charge on any atom is 0.271 e. The largest absolute Gasteiger partial charge is 0.355 e. The smallest absolute Gasteiger partial charge is 0.271 e. The Morgan fingerprint density at radius 2 is 1.75 bits per heavy atom. The Kier molecular flexibility index (Phi) is 10.1. The van der Waals surface area contributed by atoms with Gasteiger partial charge in [-0.2, -0.15) is 0 Å². The number of sulfonamides is 1. The minimum atomic E-state index is -4.05. The fourth-order valence-corrected chi connectivity index (χ4v) is 5.06. The summed E-state index contributed by atoms with van der Waals surface area (Å²) in [5.74, 6) is -1.13. The summed E-state index contributed by atoms with van der Waals surface area (Å²) in [7, 11) is -4.05. The maximum absolute atomic E-state index is 13.7. The molecule has 10 nitrogen and oxygen atoms in total. The van der Waals surface area contributed by atoms with E-state index in [1.165, 1.54) is 17.0 Å². The zero-order chi connectivity index (χ0) is 27.2. The molecule has 2 aromatic carbocycles. The van der Waals surface area contributed by atoms with Crippen molar-refractivity contribution in [2.75, 3.05) is 23.7 Å². The molecule has 0 radical (unpaired) electrons. The van der Waals surface area contributed by atoms with Crippen molar-refractivity contribution in [3.63, 3.8) is 0 Å². The lowest BCUT2D eigenvalue weighted by molar-refractivity contribution is -0.384. The molecule has 0 heterocycles.